The predicted molar refractivity (Wildman–Crippen MR) is 200 cm³/mol. The van der Waals surface area contributed by atoms with Gasteiger partial charge in [-0.05, 0) is 46.4 Å². The Bertz CT molecular complexity index is 2160. The maximum Gasteiger partial charge on any atom is 0.328 e. The van der Waals surface area contributed by atoms with Gasteiger partial charge in [0.15, 0.2) is 0 Å². The lowest BCUT2D eigenvalue weighted by Crippen LogP contribution is -2.43. The van der Waals surface area contributed by atoms with E-state index in [0.29, 0.717) is 12.1 Å². The van der Waals surface area contributed by atoms with Crippen LogP contribution in [0.3, 0.4) is 0 Å². The van der Waals surface area contributed by atoms with Gasteiger partial charge in [0.25, 0.3) is 5.91 Å². The van der Waals surface area contributed by atoms with Gasteiger partial charge in [0.05, 0.1) is 12.0 Å². The number of para-hydroxylation sites is 1. The van der Waals surface area contributed by atoms with Gasteiger partial charge in [-0.1, -0.05) is 121 Å². The molecular formula is C43H41N3O6. The Morgan fingerprint density at radius 2 is 1.40 bits per heavy atom. The summed E-state index contributed by atoms with van der Waals surface area (Å²) >= 11 is 0. The molecule has 0 radical (unpaired) electrons. The second-order valence-electron chi connectivity index (χ2n) is 12.9. The first-order chi connectivity index (χ1) is 25.3. The minimum Gasteiger partial charge on any atom is -0.461 e. The smallest absolute Gasteiger partial charge is 0.328 e. The molecule has 0 aliphatic heterocycles. The molecule has 264 valence electrons. The van der Waals surface area contributed by atoms with Crippen LogP contribution in [0.5, 0.6) is 0 Å². The van der Waals surface area contributed by atoms with Gasteiger partial charge in [-0.15, -0.1) is 0 Å². The van der Waals surface area contributed by atoms with Crippen molar-refractivity contribution < 1.29 is 28.7 Å². The molecule has 0 bridgehead atoms. The molecule has 0 unspecified atom stereocenters. The number of hydrogen-bond acceptors (Lipinski definition) is 6. The van der Waals surface area contributed by atoms with Gasteiger partial charge >= 0.3 is 11.9 Å². The van der Waals surface area contributed by atoms with E-state index in [1.54, 1.807) is 6.20 Å². The fourth-order valence-electron chi connectivity index (χ4n) is 6.34. The SMILES string of the molecule is NC(=O)C[C@H](Cc1ccc2ccccc2c1)OC(=O)[C@H](CCCC(=O)OCc1ccccc1)NC(=O)c1cn(Cc2ccccc2)c2ccccc12. The molecule has 1 heterocycles. The zero-order chi connectivity index (χ0) is 36.3. The van der Waals surface area contributed by atoms with Crippen LogP contribution in [0.4, 0.5) is 0 Å². The van der Waals surface area contributed by atoms with E-state index in [-0.39, 0.29) is 38.7 Å². The minimum atomic E-state index is -1.11. The van der Waals surface area contributed by atoms with Crippen molar-refractivity contribution in [2.24, 2.45) is 5.73 Å². The number of amides is 2. The number of ether oxygens (including phenoxy) is 2. The standard InChI is InChI=1S/C43H41N3O6/c44-40(47)26-35(25-32-22-23-33-16-7-8-17-34(33)24-32)52-43(50)38(19-11-21-41(48)51-29-31-14-5-2-6-15-31)45-42(49)37-28-46(27-30-12-3-1-4-13-30)39-20-10-9-18-36(37)39/h1-10,12-18,20,22-24,28,35,38H,11,19,21,25-27,29H2,(H2,44,47)(H,45,49)/t35-,38-/m0/s1. The number of aromatic nitrogens is 1. The molecule has 6 aromatic rings. The van der Waals surface area contributed by atoms with Crippen molar-refractivity contribution in [1.82, 2.24) is 9.88 Å². The third-order valence-electron chi connectivity index (χ3n) is 8.92. The Balaban J connectivity index is 1.20. The van der Waals surface area contributed by atoms with E-state index in [9.17, 15) is 19.2 Å². The van der Waals surface area contributed by atoms with E-state index in [1.807, 2.05) is 132 Å². The van der Waals surface area contributed by atoms with Gasteiger partial charge in [0.2, 0.25) is 5.91 Å². The Hall–Kier alpha value is -6.22. The van der Waals surface area contributed by atoms with Crippen molar-refractivity contribution in [3.05, 3.63) is 156 Å². The van der Waals surface area contributed by atoms with Crippen molar-refractivity contribution in [3.63, 3.8) is 0 Å². The summed E-state index contributed by atoms with van der Waals surface area (Å²) in [5.41, 5.74) is 9.66. The molecule has 52 heavy (non-hydrogen) atoms. The number of nitrogens with one attached hydrogen (secondary N) is 1. The summed E-state index contributed by atoms with van der Waals surface area (Å²) in [6, 6.07) is 39.5. The van der Waals surface area contributed by atoms with Crippen molar-refractivity contribution in [2.45, 2.75) is 57.4 Å². The maximum atomic E-state index is 14.0. The molecule has 5 aromatic carbocycles. The van der Waals surface area contributed by atoms with Crippen LogP contribution >= 0.6 is 0 Å². The highest BCUT2D eigenvalue weighted by Gasteiger charge is 2.28. The average Bonchev–Trinajstić information content (AvgIpc) is 3.52. The number of fused-ring (bicyclic) bond motifs is 2. The van der Waals surface area contributed by atoms with E-state index in [1.165, 1.54) is 0 Å². The fraction of sp³-hybridized carbons (Fsp3) is 0.209. The molecule has 0 saturated heterocycles. The summed E-state index contributed by atoms with van der Waals surface area (Å²) in [6.45, 7) is 0.688. The number of nitrogens with two attached hydrogens (primary N) is 1. The first-order valence-electron chi connectivity index (χ1n) is 17.4. The first-order valence-corrected chi connectivity index (χ1v) is 17.4. The van der Waals surface area contributed by atoms with E-state index in [2.05, 4.69) is 5.32 Å². The van der Waals surface area contributed by atoms with E-state index in [4.69, 9.17) is 15.2 Å². The second kappa shape index (κ2) is 17.1. The van der Waals surface area contributed by atoms with Crippen LogP contribution in [-0.4, -0.2) is 40.5 Å². The lowest BCUT2D eigenvalue weighted by molar-refractivity contribution is -0.153. The molecule has 3 N–H and O–H groups in total. The molecule has 0 aliphatic rings. The molecule has 9 heteroatoms. The predicted octanol–water partition coefficient (Wildman–Crippen LogP) is 6.88. The zero-order valence-corrected chi connectivity index (χ0v) is 28.8. The number of rotatable bonds is 16. The highest BCUT2D eigenvalue weighted by Crippen LogP contribution is 2.24. The van der Waals surface area contributed by atoms with Crippen molar-refractivity contribution in [1.29, 1.82) is 0 Å². The highest BCUT2D eigenvalue weighted by atomic mass is 16.5. The third-order valence-corrected chi connectivity index (χ3v) is 8.92. The molecule has 0 saturated carbocycles. The summed E-state index contributed by atoms with van der Waals surface area (Å²) in [5.74, 6) is -2.22. The highest BCUT2D eigenvalue weighted by molar-refractivity contribution is 6.08. The number of carbonyl (C=O) groups excluding carboxylic acids is 4. The van der Waals surface area contributed by atoms with Crippen LogP contribution in [0, 0.1) is 0 Å². The average molecular weight is 696 g/mol. The normalized spacial score (nSPS) is 12.2. The van der Waals surface area contributed by atoms with Crippen LogP contribution in [-0.2, 0) is 43.4 Å². The van der Waals surface area contributed by atoms with Crippen LogP contribution in [0.2, 0.25) is 0 Å². The number of carbonyl (C=O) groups is 4. The Morgan fingerprint density at radius 3 is 2.15 bits per heavy atom. The van der Waals surface area contributed by atoms with Gasteiger partial charge in [-0.25, -0.2) is 4.79 Å². The third kappa shape index (κ3) is 9.51. The van der Waals surface area contributed by atoms with Crippen molar-refractivity contribution >= 4 is 45.4 Å². The van der Waals surface area contributed by atoms with Gasteiger partial charge in [0.1, 0.15) is 18.8 Å². The largest absolute Gasteiger partial charge is 0.461 e. The van der Waals surface area contributed by atoms with Crippen molar-refractivity contribution in [2.75, 3.05) is 0 Å². The molecule has 2 amide bonds. The summed E-state index contributed by atoms with van der Waals surface area (Å²) in [7, 11) is 0. The molecule has 6 rings (SSSR count). The quantitative estimate of drug-likeness (QED) is 0.106. The Kier molecular flexibility index (Phi) is 11.7. The number of hydrogen-bond donors (Lipinski definition) is 2. The van der Waals surface area contributed by atoms with Gasteiger partial charge < -0.3 is 25.1 Å². The van der Waals surface area contributed by atoms with Crippen molar-refractivity contribution in [3.8, 4) is 0 Å². The van der Waals surface area contributed by atoms with Crippen LogP contribution in [0.1, 0.15) is 52.7 Å². The summed E-state index contributed by atoms with van der Waals surface area (Å²) in [4.78, 5) is 52.6. The molecule has 0 fully saturated rings. The second-order valence-corrected chi connectivity index (χ2v) is 12.9. The molecule has 0 aliphatic carbocycles. The number of primary amides is 1. The molecule has 1 aromatic heterocycles. The summed E-state index contributed by atoms with van der Waals surface area (Å²) in [6.07, 6.45) is 1.35. The van der Waals surface area contributed by atoms with Gasteiger partial charge in [-0.2, -0.15) is 0 Å². The first kappa shape index (κ1) is 35.6. The van der Waals surface area contributed by atoms with Crippen LogP contribution in [0.15, 0.2) is 134 Å². The number of esters is 2. The zero-order valence-electron chi connectivity index (χ0n) is 28.8. The van der Waals surface area contributed by atoms with Gasteiger partial charge in [0, 0.05) is 36.5 Å². The Morgan fingerprint density at radius 1 is 0.731 bits per heavy atom. The lowest BCUT2D eigenvalue weighted by Gasteiger charge is -2.22. The van der Waals surface area contributed by atoms with Crippen LogP contribution in [0.25, 0.3) is 21.7 Å². The molecule has 0 spiro atoms. The minimum absolute atomic E-state index is 0.0324. The monoisotopic (exact) mass is 695 g/mol. The van der Waals surface area contributed by atoms with Crippen LogP contribution < -0.4 is 11.1 Å². The lowest BCUT2D eigenvalue weighted by atomic mass is 10.0. The molecule has 9 nitrogen and oxygen atoms in total. The molecular weight excluding hydrogens is 654 g/mol. The summed E-state index contributed by atoms with van der Waals surface area (Å²) in [5, 5.41) is 5.69. The number of benzene rings is 5. The number of nitrogens with zero attached hydrogens (tertiary/aromatic N) is 1. The van der Waals surface area contributed by atoms with E-state index in [0.717, 1.165) is 38.4 Å². The van der Waals surface area contributed by atoms with Gasteiger partial charge in [-0.3, -0.25) is 14.4 Å². The summed E-state index contributed by atoms with van der Waals surface area (Å²) < 4.78 is 13.4. The maximum absolute atomic E-state index is 14.0. The Labute approximate surface area is 302 Å². The van der Waals surface area contributed by atoms with E-state index >= 15 is 0 Å². The molecule has 2 atom stereocenters. The fourth-order valence-corrected chi connectivity index (χ4v) is 6.34. The topological polar surface area (TPSA) is 130 Å². The van der Waals surface area contributed by atoms with E-state index < -0.39 is 35.9 Å².